The van der Waals surface area contributed by atoms with Crippen molar-refractivity contribution < 1.29 is 13.9 Å². The van der Waals surface area contributed by atoms with Gasteiger partial charge in [-0.15, -0.1) is 0 Å². The number of hydrogen-bond donors (Lipinski definition) is 1. The van der Waals surface area contributed by atoms with E-state index in [4.69, 9.17) is 5.11 Å². The molecule has 0 atom stereocenters. The monoisotopic (exact) mass is 208 g/mol. The highest BCUT2D eigenvalue weighted by molar-refractivity contribution is 5.86. The molecule has 1 nitrogen and oxygen atoms in total. The number of aliphatic hydroxyl groups excluding tert-OH is 1. The Labute approximate surface area is 86.0 Å². The molecule has 2 aromatic carbocycles. The zero-order chi connectivity index (χ0) is 10.8. The molecule has 1 N–H and O–H groups in total. The number of alkyl halides is 2. The van der Waals surface area contributed by atoms with E-state index >= 15 is 0 Å². The summed E-state index contributed by atoms with van der Waals surface area (Å²) in [6.45, 7) is -0.360. The van der Waals surface area contributed by atoms with Gasteiger partial charge in [0.15, 0.2) is 0 Å². The third-order valence-corrected chi connectivity index (χ3v) is 2.47. The maximum absolute atomic E-state index is 12.6. The van der Waals surface area contributed by atoms with Crippen molar-refractivity contribution in [3.05, 3.63) is 47.5 Å². The fourth-order valence-corrected chi connectivity index (χ4v) is 1.73. The van der Waals surface area contributed by atoms with Gasteiger partial charge in [-0.05, 0) is 16.3 Å². The molecule has 0 heterocycles. The van der Waals surface area contributed by atoms with E-state index in [0.717, 1.165) is 5.39 Å². The minimum Gasteiger partial charge on any atom is -0.392 e. The molecular formula is C12H10F2O. The van der Waals surface area contributed by atoms with Gasteiger partial charge < -0.3 is 5.11 Å². The lowest BCUT2D eigenvalue weighted by Gasteiger charge is -2.09. The Morgan fingerprint density at radius 2 is 1.80 bits per heavy atom. The van der Waals surface area contributed by atoms with Crippen LogP contribution in [-0.2, 0) is 6.61 Å². The van der Waals surface area contributed by atoms with Gasteiger partial charge in [-0.2, -0.15) is 0 Å². The second kappa shape index (κ2) is 3.95. The van der Waals surface area contributed by atoms with Gasteiger partial charge in [-0.3, -0.25) is 0 Å². The van der Waals surface area contributed by atoms with Crippen LogP contribution in [0.25, 0.3) is 10.8 Å². The van der Waals surface area contributed by atoms with Crippen molar-refractivity contribution in [2.24, 2.45) is 0 Å². The van der Waals surface area contributed by atoms with Gasteiger partial charge in [0.25, 0.3) is 6.43 Å². The van der Waals surface area contributed by atoms with Gasteiger partial charge in [0.1, 0.15) is 0 Å². The van der Waals surface area contributed by atoms with Gasteiger partial charge in [-0.1, -0.05) is 36.4 Å². The zero-order valence-corrected chi connectivity index (χ0v) is 7.95. The van der Waals surface area contributed by atoms with Crippen LogP contribution in [0.5, 0.6) is 0 Å². The van der Waals surface area contributed by atoms with Gasteiger partial charge in [0, 0.05) is 5.56 Å². The highest BCUT2D eigenvalue weighted by atomic mass is 19.3. The molecule has 0 saturated heterocycles. The third-order valence-electron chi connectivity index (χ3n) is 2.47. The molecule has 0 unspecified atom stereocenters. The molecule has 0 aromatic heterocycles. The van der Waals surface area contributed by atoms with E-state index in [1.165, 1.54) is 6.07 Å². The van der Waals surface area contributed by atoms with E-state index in [1.54, 1.807) is 18.2 Å². The average Bonchev–Trinajstić information content (AvgIpc) is 2.27. The summed E-state index contributed by atoms with van der Waals surface area (Å²) >= 11 is 0. The van der Waals surface area contributed by atoms with Crippen LogP contribution < -0.4 is 0 Å². The number of fused-ring (bicyclic) bond motifs is 1. The molecule has 2 aromatic rings. The summed E-state index contributed by atoms with van der Waals surface area (Å²) in [5.74, 6) is 0. The van der Waals surface area contributed by atoms with Crippen LogP contribution in [0.1, 0.15) is 17.6 Å². The van der Waals surface area contributed by atoms with Crippen LogP contribution in [0, 0.1) is 0 Å². The molecule has 78 valence electrons. The minimum absolute atomic E-state index is 0.0869. The summed E-state index contributed by atoms with van der Waals surface area (Å²) in [7, 11) is 0. The topological polar surface area (TPSA) is 20.2 Å². The lowest BCUT2D eigenvalue weighted by atomic mass is 10.00. The Bertz CT molecular complexity index is 480. The van der Waals surface area contributed by atoms with Gasteiger partial charge in [0.2, 0.25) is 0 Å². The van der Waals surface area contributed by atoms with Crippen molar-refractivity contribution in [2.75, 3.05) is 0 Å². The molecule has 0 aliphatic rings. The minimum atomic E-state index is -2.54. The lowest BCUT2D eigenvalue weighted by Crippen LogP contribution is -1.95. The van der Waals surface area contributed by atoms with Crippen molar-refractivity contribution in [3.8, 4) is 0 Å². The standard InChI is InChI=1S/C12H10F2O/c13-12(14)10-6-5-8-3-1-2-4-9(8)11(10)7-15/h1-6,12,15H,7H2. The second-order valence-corrected chi connectivity index (χ2v) is 3.31. The average molecular weight is 208 g/mol. The van der Waals surface area contributed by atoms with Crippen molar-refractivity contribution >= 4 is 10.8 Å². The summed E-state index contributed by atoms with van der Waals surface area (Å²) in [5.41, 5.74) is 0.235. The third kappa shape index (κ3) is 1.70. The fraction of sp³-hybridized carbons (Fsp3) is 0.167. The SMILES string of the molecule is OCc1c(C(F)F)ccc2ccccc12. The Hall–Kier alpha value is -1.48. The van der Waals surface area contributed by atoms with Crippen molar-refractivity contribution in [2.45, 2.75) is 13.0 Å². The second-order valence-electron chi connectivity index (χ2n) is 3.31. The highest BCUT2D eigenvalue weighted by Gasteiger charge is 2.14. The zero-order valence-electron chi connectivity index (χ0n) is 7.95. The van der Waals surface area contributed by atoms with Crippen LogP contribution >= 0.6 is 0 Å². The van der Waals surface area contributed by atoms with E-state index in [9.17, 15) is 8.78 Å². The first kappa shape index (κ1) is 10.1. The summed E-state index contributed by atoms with van der Waals surface area (Å²) in [6, 6.07) is 10.2. The van der Waals surface area contributed by atoms with Crippen LogP contribution in [0.2, 0.25) is 0 Å². The van der Waals surface area contributed by atoms with Crippen molar-refractivity contribution in [3.63, 3.8) is 0 Å². The van der Waals surface area contributed by atoms with E-state index in [2.05, 4.69) is 0 Å². The number of benzene rings is 2. The van der Waals surface area contributed by atoms with Gasteiger partial charge in [-0.25, -0.2) is 8.78 Å². The van der Waals surface area contributed by atoms with E-state index in [-0.39, 0.29) is 12.2 Å². The van der Waals surface area contributed by atoms with Crippen LogP contribution in [-0.4, -0.2) is 5.11 Å². The lowest BCUT2D eigenvalue weighted by molar-refractivity contribution is 0.147. The molecule has 0 fully saturated rings. The molecule has 2 rings (SSSR count). The van der Waals surface area contributed by atoms with Crippen molar-refractivity contribution in [1.82, 2.24) is 0 Å². The van der Waals surface area contributed by atoms with Crippen LogP contribution in [0.15, 0.2) is 36.4 Å². The molecule has 0 spiro atoms. The molecule has 0 aliphatic heterocycles. The predicted molar refractivity (Wildman–Crippen MR) is 54.8 cm³/mol. The molecule has 0 amide bonds. The Morgan fingerprint density at radius 3 is 2.47 bits per heavy atom. The number of halogens is 2. The van der Waals surface area contributed by atoms with Gasteiger partial charge in [0.05, 0.1) is 6.61 Å². The maximum Gasteiger partial charge on any atom is 0.264 e. The summed E-state index contributed by atoms with van der Waals surface area (Å²) < 4.78 is 25.3. The molecule has 0 radical (unpaired) electrons. The largest absolute Gasteiger partial charge is 0.392 e. The smallest absolute Gasteiger partial charge is 0.264 e. The summed E-state index contributed by atoms with van der Waals surface area (Å²) in [5, 5.41) is 10.7. The summed E-state index contributed by atoms with van der Waals surface area (Å²) in [6.07, 6.45) is -2.54. The Morgan fingerprint density at radius 1 is 1.07 bits per heavy atom. The van der Waals surface area contributed by atoms with E-state index < -0.39 is 6.43 Å². The number of rotatable bonds is 2. The van der Waals surface area contributed by atoms with E-state index in [1.807, 2.05) is 12.1 Å². The fourth-order valence-electron chi connectivity index (χ4n) is 1.73. The molecule has 0 bridgehead atoms. The first-order valence-corrected chi connectivity index (χ1v) is 4.63. The molecular weight excluding hydrogens is 198 g/mol. The van der Waals surface area contributed by atoms with Crippen LogP contribution in [0.3, 0.4) is 0 Å². The van der Waals surface area contributed by atoms with E-state index in [0.29, 0.717) is 10.9 Å². The quantitative estimate of drug-likeness (QED) is 0.803. The first-order valence-electron chi connectivity index (χ1n) is 4.63. The Balaban J connectivity index is 2.75. The summed E-state index contributed by atoms with van der Waals surface area (Å²) in [4.78, 5) is 0. The number of hydrogen-bond acceptors (Lipinski definition) is 1. The van der Waals surface area contributed by atoms with Gasteiger partial charge >= 0.3 is 0 Å². The predicted octanol–water partition coefficient (Wildman–Crippen LogP) is 3.27. The van der Waals surface area contributed by atoms with Crippen molar-refractivity contribution in [1.29, 1.82) is 0 Å². The van der Waals surface area contributed by atoms with Crippen LogP contribution in [0.4, 0.5) is 8.78 Å². The normalized spacial score (nSPS) is 11.2. The molecule has 15 heavy (non-hydrogen) atoms. The molecule has 3 heteroatoms. The maximum atomic E-state index is 12.6. The number of aliphatic hydroxyl groups is 1. The highest BCUT2D eigenvalue weighted by Crippen LogP contribution is 2.29. The first-order chi connectivity index (χ1) is 7.24. The molecule has 0 aliphatic carbocycles. The Kier molecular flexibility index (Phi) is 2.64. The molecule has 0 saturated carbocycles.